The van der Waals surface area contributed by atoms with Gasteiger partial charge in [0, 0.05) is 30.9 Å². The van der Waals surface area contributed by atoms with Crippen LogP contribution in [0.15, 0.2) is 30.5 Å². The van der Waals surface area contributed by atoms with Crippen molar-refractivity contribution in [3.63, 3.8) is 0 Å². The summed E-state index contributed by atoms with van der Waals surface area (Å²) in [4.78, 5) is 77.0. The zero-order valence-electron chi connectivity index (χ0n) is 17.2. The molecular weight excluding hydrogens is 436 g/mol. The number of nitrogens with zero attached hydrogens (tertiary/aromatic N) is 3. The molecule has 0 atom stereocenters. The van der Waals surface area contributed by atoms with E-state index in [9.17, 15) is 34.1 Å². The monoisotopic (exact) mass is 454 g/mol. The summed E-state index contributed by atoms with van der Waals surface area (Å²) in [6.45, 7) is -0.167. The third-order valence-corrected chi connectivity index (χ3v) is 5.45. The van der Waals surface area contributed by atoms with Gasteiger partial charge in [-0.1, -0.05) is 6.07 Å². The first-order chi connectivity index (χ1) is 15.8. The maximum atomic E-state index is 12.5. The van der Waals surface area contributed by atoms with E-state index < -0.39 is 47.3 Å². The van der Waals surface area contributed by atoms with Crippen LogP contribution in [-0.2, 0) is 9.53 Å². The predicted molar refractivity (Wildman–Crippen MR) is 110 cm³/mol. The average Bonchev–Trinajstić information content (AvgIpc) is 3.55. The van der Waals surface area contributed by atoms with Gasteiger partial charge in [-0.05, 0) is 25.0 Å². The van der Waals surface area contributed by atoms with Crippen LogP contribution < -0.4 is 0 Å². The molecule has 0 spiro atoms. The number of nitrogens with one attached hydrogen (secondary N) is 1. The van der Waals surface area contributed by atoms with Crippen molar-refractivity contribution in [2.45, 2.75) is 12.8 Å². The van der Waals surface area contributed by atoms with Crippen LogP contribution in [0.25, 0.3) is 0 Å². The van der Waals surface area contributed by atoms with Crippen LogP contribution in [0.1, 0.15) is 54.4 Å². The molecule has 2 aromatic rings. The smallest absolute Gasteiger partial charge is 0.326 e. The van der Waals surface area contributed by atoms with Crippen LogP contribution in [0.3, 0.4) is 0 Å². The number of likely N-dealkylation sites (tertiary alicyclic amines) is 1. The number of H-pyrrole nitrogens is 1. The minimum Gasteiger partial charge on any atom is -0.456 e. The number of ketones is 1. The number of fused-ring (bicyclic) bond motifs is 1. The molecule has 4 rings (SSSR count). The SMILES string of the molecule is O=C(CN1C(=O)c2cccc([N+](=O)[O-])c2C1=O)OCC(=O)c1c[nH]c(C(=O)N2CCCC2)c1. The minimum atomic E-state index is -1.04. The molecule has 3 heterocycles. The third-order valence-electron chi connectivity index (χ3n) is 5.45. The Bertz CT molecular complexity index is 1190. The molecule has 1 aromatic carbocycles. The first-order valence-electron chi connectivity index (χ1n) is 10.1. The third kappa shape index (κ3) is 4.10. The van der Waals surface area contributed by atoms with Gasteiger partial charge in [0.1, 0.15) is 17.8 Å². The molecule has 12 nitrogen and oxygen atoms in total. The molecule has 2 aliphatic rings. The normalized spacial score (nSPS) is 15.0. The maximum absolute atomic E-state index is 12.5. The highest BCUT2D eigenvalue weighted by Crippen LogP contribution is 2.30. The topological polar surface area (TPSA) is 160 Å². The van der Waals surface area contributed by atoms with Gasteiger partial charge in [0.05, 0.1) is 10.5 Å². The maximum Gasteiger partial charge on any atom is 0.326 e. The summed E-state index contributed by atoms with van der Waals surface area (Å²) >= 11 is 0. The summed E-state index contributed by atoms with van der Waals surface area (Å²) in [6.07, 6.45) is 3.19. The molecule has 0 saturated carbocycles. The quantitative estimate of drug-likeness (QED) is 0.215. The fraction of sp³-hybridized carbons (Fsp3) is 0.286. The largest absolute Gasteiger partial charge is 0.456 e. The van der Waals surface area contributed by atoms with Crippen LogP contribution in [0.2, 0.25) is 0 Å². The Morgan fingerprint density at radius 3 is 2.55 bits per heavy atom. The number of benzene rings is 1. The molecule has 0 bridgehead atoms. The number of hydrogen-bond donors (Lipinski definition) is 1. The van der Waals surface area contributed by atoms with Crippen LogP contribution in [0, 0.1) is 10.1 Å². The summed E-state index contributed by atoms with van der Waals surface area (Å²) in [6, 6.07) is 4.98. The van der Waals surface area contributed by atoms with E-state index in [2.05, 4.69) is 4.98 Å². The zero-order chi connectivity index (χ0) is 23.7. The second-order valence-corrected chi connectivity index (χ2v) is 7.54. The van der Waals surface area contributed by atoms with Gasteiger partial charge in [-0.25, -0.2) is 0 Å². The Kier molecular flexibility index (Phi) is 5.73. The molecule has 170 valence electrons. The van der Waals surface area contributed by atoms with Gasteiger partial charge in [-0.15, -0.1) is 0 Å². The molecule has 0 aliphatic carbocycles. The van der Waals surface area contributed by atoms with E-state index in [1.807, 2.05) is 0 Å². The number of amides is 3. The van der Waals surface area contributed by atoms with E-state index in [0.29, 0.717) is 18.0 Å². The number of nitro benzene ring substituents is 1. The highest BCUT2D eigenvalue weighted by molar-refractivity contribution is 6.24. The van der Waals surface area contributed by atoms with Crippen LogP contribution in [0.4, 0.5) is 5.69 Å². The number of aromatic amines is 1. The van der Waals surface area contributed by atoms with E-state index in [1.165, 1.54) is 24.4 Å². The number of carbonyl (C=O) groups is 5. The Balaban J connectivity index is 1.35. The Morgan fingerprint density at radius 2 is 1.85 bits per heavy atom. The number of rotatable bonds is 7. The Hall–Kier alpha value is -4.35. The number of ether oxygens (including phenoxy) is 1. The summed E-state index contributed by atoms with van der Waals surface area (Å²) in [5.41, 5.74) is -0.718. The Morgan fingerprint density at radius 1 is 1.12 bits per heavy atom. The molecule has 2 aliphatic heterocycles. The predicted octanol–water partition coefficient (Wildman–Crippen LogP) is 1.18. The van der Waals surface area contributed by atoms with Crippen LogP contribution >= 0.6 is 0 Å². The molecule has 1 N–H and O–H groups in total. The van der Waals surface area contributed by atoms with Gasteiger partial charge in [-0.2, -0.15) is 0 Å². The fourth-order valence-electron chi connectivity index (χ4n) is 3.78. The van der Waals surface area contributed by atoms with Crippen molar-refractivity contribution in [1.82, 2.24) is 14.8 Å². The number of aromatic nitrogens is 1. The number of nitro groups is 1. The zero-order valence-corrected chi connectivity index (χ0v) is 17.2. The van der Waals surface area contributed by atoms with Crippen LogP contribution in [-0.4, -0.2) is 75.4 Å². The van der Waals surface area contributed by atoms with Crippen molar-refractivity contribution in [3.8, 4) is 0 Å². The van der Waals surface area contributed by atoms with Crippen LogP contribution in [0.5, 0.6) is 0 Å². The number of carbonyl (C=O) groups excluding carboxylic acids is 5. The fourth-order valence-corrected chi connectivity index (χ4v) is 3.78. The molecule has 1 saturated heterocycles. The molecule has 33 heavy (non-hydrogen) atoms. The number of Topliss-reactive ketones (excluding diaryl/α,β-unsaturated/α-hetero) is 1. The van der Waals surface area contributed by atoms with E-state index >= 15 is 0 Å². The number of imide groups is 1. The average molecular weight is 454 g/mol. The molecule has 0 unspecified atom stereocenters. The van der Waals surface area contributed by atoms with E-state index in [-0.39, 0.29) is 28.3 Å². The standard InChI is InChI=1S/C21H18N4O8/c26-16(12-8-14(22-9-12)20(29)23-6-1-2-7-23)11-33-17(27)10-24-19(28)13-4-3-5-15(25(31)32)18(13)21(24)30/h3-5,8-9,22H,1-2,6-7,10-11H2. The molecule has 1 aromatic heterocycles. The highest BCUT2D eigenvalue weighted by atomic mass is 16.6. The highest BCUT2D eigenvalue weighted by Gasteiger charge is 2.42. The van der Waals surface area contributed by atoms with Crippen molar-refractivity contribution in [2.24, 2.45) is 0 Å². The van der Waals surface area contributed by atoms with E-state index in [1.54, 1.807) is 4.90 Å². The number of esters is 1. The second kappa shape index (κ2) is 8.65. The minimum absolute atomic E-state index is 0.140. The Labute approximate surface area is 186 Å². The second-order valence-electron chi connectivity index (χ2n) is 7.54. The van der Waals surface area contributed by atoms with Crippen molar-refractivity contribution in [3.05, 3.63) is 63.0 Å². The van der Waals surface area contributed by atoms with Crippen molar-refractivity contribution in [1.29, 1.82) is 0 Å². The molecule has 12 heteroatoms. The van der Waals surface area contributed by atoms with E-state index in [4.69, 9.17) is 4.74 Å². The van der Waals surface area contributed by atoms with Gasteiger partial charge in [0.25, 0.3) is 23.4 Å². The van der Waals surface area contributed by atoms with Crippen molar-refractivity contribution < 1.29 is 33.6 Å². The first kappa shape index (κ1) is 21.9. The van der Waals surface area contributed by atoms with Crippen molar-refractivity contribution >= 4 is 35.2 Å². The summed E-state index contributed by atoms with van der Waals surface area (Å²) in [5, 5.41) is 11.1. The molecular formula is C21H18N4O8. The van der Waals surface area contributed by atoms with Gasteiger partial charge < -0.3 is 14.6 Å². The lowest BCUT2D eigenvalue weighted by Crippen LogP contribution is -2.36. The van der Waals surface area contributed by atoms with Gasteiger partial charge in [0.2, 0.25) is 5.78 Å². The lowest BCUT2D eigenvalue weighted by atomic mass is 10.1. The summed E-state index contributed by atoms with van der Waals surface area (Å²) in [5.74, 6) is -3.69. The summed E-state index contributed by atoms with van der Waals surface area (Å²) < 4.78 is 4.89. The molecule has 1 fully saturated rings. The lowest BCUT2D eigenvalue weighted by Gasteiger charge is -2.13. The lowest BCUT2D eigenvalue weighted by molar-refractivity contribution is -0.385. The first-order valence-corrected chi connectivity index (χ1v) is 10.1. The summed E-state index contributed by atoms with van der Waals surface area (Å²) in [7, 11) is 0. The molecule has 3 amide bonds. The van der Waals surface area contributed by atoms with Gasteiger partial charge in [0.15, 0.2) is 6.61 Å². The van der Waals surface area contributed by atoms with E-state index in [0.717, 1.165) is 18.9 Å². The van der Waals surface area contributed by atoms with Gasteiger partial charge in [-0.3, -0.25) is 39.0 Å². The van der Waals surface area contributed by atoms with Crippen molar-refractivity contribution in [2.75, 3.05) is 26.2 Å². The van der Waals surface area contributed by atoms with Gasteiger partial charge >= 0.3 is 5.97 Å². The molecule has 0 radical (unpaired) electrons. The number of hydrogen-bond acceptors (Lipinski definition) is 8.